The summed E-state index contributed by atoms with van der Waals surface area (Å²) in [5.41, 5.74) is 5.17. The quantitative estimate of drug-likeness (QED) is 0.431. The minimum atomic E-state index is -0.288. The van der Waals surface area contributed by atoms with Crippen LogP contribution in [0.1, 0.15) is 65.8 Å². The van der Waals surface area contributed by atoms with Gasteiger partial charge in [0.2, 0.25) is 0 Å². The van der Waals surface area contributed by atoms with Gasteiger partial charge in [-0.25, -0.2) is 4.68 Å². The largest absolute Gasteiger partial charge is 0.321 e. The number of H-pyrrole nitrogens is 1. The number of nitrogens with zero attached hydrogens (tertiary/aromatic N) is 6. The molecule has 2 aliphatic rings. The van der Waals surface area contributed by atoms with Gasteiger partial charge in [-0.05, 0) is 65.8 Å². The second-order valence-electron chi connectivity index (χ2n) is 10.7. The molecule has 1 N–H and O–H groups in total. The lowest BCUT2D eigenvalue weighted by Crippen LogP contribution is -2.48. The van der Waals surface area contributed by atoms with E-state index in [2.05, 4.69) is 92.7 Å². The number of piperazine rings is 1. The Labute approximate surface area is 217 Å². The number of hydrogen-bond donors (Lipinski definition) is 1. The molecule has 37 heavy (non-hydrogen) atoms. The summed E-state index contributed by atoms with van der Waals surface area (Å²) < 4.78 is 2.01. The Morgan fingerprint density at radius 1 is 1.00 bits per heavy atom. The van der Waals surface area contributed by atoms with E-state index < -0.39 is 0 Å². The molecule has 8 heteroatoms. The summed E-state index contributed by atoms with van der Waals surface area (Å²) in [5.74, 6) is 0.789. The van der Waals surface area contributed by atoms with Crippen LogP contribution in [0.2, 0.25) is 0 Å². The molecule has 6 rings (SSSR count). The molecule has 1 aliphatic heterocycles. The van der Waals surface area contributed by atoms with Crippen LogP contribution in [-0.4, -0.2) is 61.2 Å². The van der Waals surface area contributed by atoms with Crippen LogP contribution >= 0.6 is 0 Å². The summed E-state index contributed by atoms with van der Waals surface area (Å²) in [5, 5.41) is 14.2. The average Bonchev–Trinajstić information content (AvgIpc) is 3.59. The molecule has 192 valence electrons. The summed E-state index contributed by atoms with van der Waals surface area (Å²) in [4.78, 5) is 21.7. The smallest absolute Gasteiger partial charge is 0.253 e. The van der Waals surface area contributed by atoms with Gasteiger partial charge in [-0.1, -0.05) is 54.8 Å². The maximum atomic E-state index is 13.6. The molecular weight excluding hydrogens is 462 g/mol. The normalized spacial score (nSPS) is 18.5. The molecule has 0 amide bonds. The van der Waals surface area contributed by atoms with E-state index in [0.717, 1.165) is 73.4 Å². The van der Waals surface area contributed by atoms with Crippen LogP contribution in [0.5, 0.6) is 0 Å². The average molecular weight is 498 g/mol. The Morgan fingerprint density at radius 2 is 1.76 bits per heavy atom. The maximum Gasteiger partial charge on any atom is 0.253 e. The van der Waals surface area contributed by atoms with E-state index in [1.54, 1.807) is 0 Å². The van der Waals surface area contributed by atoms with Crippen LogP contribution in [0.3, 0.4) is 0 Å². The lowest BCUT2D eigenvalue weighted by atomic mass is 10.00. The van der Waals surface area contributed by atoms with Gasteiger partial charge in [-0.3, -0.25) is 14.6 Å². The first kappa shape index (κ1) is 24.0. The van der Waals surface area contributed by atoms with Crippen molar-refractivity contribution in [2.24, 2.45) is 0 Å². The SMILES string of the molecule is Cc1cc(C)c2[nH]c(=O)c([C@H](c3nnnn3C3CCCC3)N3CCN(Cc4ccccc4)CC3)cc2c1. The van der Waals surface area contributed by atoms with E-state index in [9.17, 15) is 4.79 Å². The van der Waals surface area contributed by atoms with Gasteiger partial charge < -0.3 is 4.98 Å². The van der Waals surface area contributed by atoms with Gasteiger partial charge in [0.05, 0.1) is 11.6 Å². The third-order valence-corrected chi connectivity index (χ3v) is 8.07. The van der Waals surface area contributed by atoms with Gasteiger partial charge in [0, 0.05) is 38.3 Å². The Balaban J connectivity index is 1.37. The van der Waals surface area contributed by atoms with Crippen LogP contribution in [0.4, 0.5) is 0 Å². The summed E-state index contributed by atoms with van der Waals surface area (Å²) in [6.07, 6.45) is 4.56. The van der Waals surface area contributed by atoms with Gasteiger partial charge in [0.1, 0.15) is 6.04 Å². The van der Waals surface area contributed by atoms with Gasteiger partial charge in [-0.15, -0.1) is 5.10 Å². The Bertz CT molecular complexity index is 1430. The van der Waals surface area contributed by atoms with Crippen molar-refractivity contribution in [2.75, 3.05) is 26.2 Å². The Kier molecular flexibility index (Phi) is 6.61. The lowest BCUT2D eigenvalue weighted by Gasteiger charge is -2.39. The fourth-order valence-electron chi connectivity index (χ4n) is 6.22. The van der Waals surface area contributed by atoms with E-state index >= 15 is 0 Å². The zero-order valence-electron chi connectivity index (χ0n) is 21.7. The number of aromatic nitrogens is 5. The molecule has 1 saturated carbocycles. The van der Waals surface area contributed by atoms with E-state index in [4.69, 9.17) is 0 Å². The summed E-state index contributed by atoms with van der Waals surface area (Å²) >= 11 is 0. The zero-order chi connectivity index (χ0) is 25.4. The molecule has 0 radical (unpaired) electrons. The second-order valence-corrected chi connectivity index (χ2v) is 10.7. The number of benzene rings is 2. The summed E-state index contributed by atoms with van der Waals surface area (Å²) in [7, 11) is 0. The number of nitrogens with one attached hydrogen (secondary N) is 1. The van der Waals surface area contributed by atoms with Crippen molar-refractivity contribution < 1.29 is 0 Å². The van der Waals surface area contributed by atoms with Gasteiger partial charge >= 0.3 is 0 Å². The molecule has 1 saturated heterocycles. The fourth-order valence-corrected chi connectivity index (χ4v) is 6.22. The number of tetrazole rings is 1. The van der Waals surface area contributed by atoms with Gasteiger partial charge in [0.15, 0.2) is 5.82 Å². The van der Waals surface area contributed by atoms with E-state index in [-0.39, 0.29) is 11.6 Å². The molecule has 8 nitrogen and oxygen atoms in total. The van der Waals surface area contributed by atoms with Crippen molar-refractivity contribution in [3.8, 4) is 0 Å². The maximum absolute atomic E-state index is 13.6. The molecule has 3 heterocycles. The van der Waals surface area contributed by atoms with Crippen molar-refractivity contribution in [1.29, 1.82) is 0 Å². The van der Waals surface area contributed by atoms with E-state index in [1.807, 2.05) is 4.68 Å². The molecule has 2 aromatic heterocycles. The third-order valence-electron chi connectivity index (χ3n) is 8.07. The highest BCUT2D eigenvalue weighted by atomic mass is 16.1. The molecule has 1 atom stereocenters. The first-order valence-electron chi connectivity index (χ1n) is 13.5. The predicted molar refractivity (Wildman–Crippen MR) is 144 cm³/mol. The summed E-state index contributed by atoms with van der Waals surface area (Å²) in [6, 6.07) is 17.0. The Morgan fingerprint density at radius 3 is 2.51 bits per heavy atom. The van der Waals surface area contributed by atoms with Crippen molar-refractivity contribution in [3.05, 3.63) is 87.0 Å². The summed E-state index contributed by atoms with van der Waals surface area (Å²) in [6.45, 7) is 8.64. The number of pyridine rings is 1. The standard InChI is InChI=1S/C29H35N7O/c1-20-16-21(2)26-23(17-20)18-25(29(37)30-26)27(28-31-32-33-36(28)24-10-6-7-11-24)35-14-12-34(13-15-35)19-22-8-4-3-5-9-22/h3-5,8-9,16-18,24,27H,6-7,10-15,19H2,1-2H3,(H,30,37)/t27-/m1/s1. The number of aromatic amines is 1. The molecule has 2 fully saturated rings. The van der Waals surface area contributed by atoms with Crippen LogP contribution in [-0.2, 0) is 6.54 Å². The van der Waals surface area contributed by atoms with Crippen molar-refractivity contribution >= 4 is 10.9 Å². The van der Waals surface area contributed by atoms with Crippen LogP contribution in [0.15, 0.2) is 53.3 Å². The number of rotatable bonds is 6. The Hall–Kier alpha value is -3.36. The van der Waals surface area contributed by atoms with Gasteiger partial charge in [0.25, 0.3) is 5.56 Å². The highest BCUT2D eigenvalue weighted by molar-refractivity contribution is 5.83. The lowest BCUT2D eigenvalue weighted by molar-refractivity contribution is 0.0989. The van der Waals surface area contributed by atoms with Crippen molar-refractivity contribution in [3.63, 3.8) is 0 Å². The van der Waals surface area contributed by atoms with Gasteiger partial charge in [-0.2, -0.15) is 0 Å². The monoisotopic (exact) mass is 497 g/mol. The van der Waals surface area contributed by atoms with Crippen molar-refractivity contribution in [1.82, 2.24) is 35.0 Å². The highest BCUT2D eigenvalue weighted by Crippen LogP contribution is 2.34. The van der Waals surface area contributed by atoms with Crippen molar-refractivity contribution in [2.45, 2.75) is 58.2 Å². The highest BCUT2D eigenvalue weighted by Gasteiger charge is 2.34. The third kappa shape index (κ3) is 4.83. The van der Waals surface area contributed by atoms with E-state index in [0.29, 0.717) is 6.04 Å². The molecule has 0 unspecified atom stereocenters. The fraction of sp³-hybridized carbons (Fsp3) is 0.448. The minimum Gasteiger partial charge on any atom is -0.321 e. The number of hydrogen-bond acceptors (Lipinski definition) is 6. The van der Waals surface area contributed by atoms with E-state index in [1.165, 1.54) is 24.0 Å². The first-order valence-corrected chi connectivity index (χ1v) is 13.5. The molecule has 2 aromatic carbocycles. The topological polar surface area (TPSA) is 82.9 Å². The molecule has 0 bridgehead atoms. The molecule has 4 aromatic rings. The minimum absolute atomic E-state index is 0.0582. The molecular formula is C29H35N7O. The first-order chi connectivity index (χ1) is 18.1. The van der Waals surface area contributed by atoms with Crippen LogP contribution in [0.25, 0.3) is 10.9 Å². The predicted octanol–water partition coefficient (Wildman–Crippen LogP) is 4.15. The zero-order valence-corrected chi connectivity index (χ0v) is 21.7. The molecule has 0 spiro atoms. The number of aryl methyl sites for hydroxylation is 2. The second kappa shape index (κ2) is 10.2. The van der Waals surface area contributed by atoms with Crippen LogP contribution in [0, 0.1) is 13.8 Å². The molecule has 1 aliphatic carbocycles. The van der Waals surface area contributed by atoms with Crippen LogP contribution < -0.4 is 5.56 Å². The number of fused-ring (bicyclic) bond motifs is 1.